The van der Waals surface area contributed by atoms with Gasteiger partial charge in [-0.2, -0.15) is 0 Å². The number of rotatable bonds is 8. The lowest BCUT2D eigenvalue weighted by Crippen LogP contribution is -2.33. The number of hydrogen-bond donors (Lipinski definition) is 2. The SMILES string of the molecule is COc1ccc(OCc2nnc(NC(=S)NC(=O)c3ccc(-c4ccccc4[N+](=O)[O-])o3)s2)cc1. The molecule has 4 aromatic rings. The number of benzene rings is 2. The second kappa shape index (κ2) is 10.7. The Morgan fingerprint density at radius 2 is 1.86 bits per heavy atom. The standard InChI is InChI=1S/C22H17N5O6S2/c1-31-13-6-8-14(9-7-13)32-12-19-25-26-22(35-19)24-21(34)23-20(28)18-11-10-17(33-18)15-4-2-3-5-16(15)27(29)30/h2-11H,12H2,1H3,(H2,23,24,26,28,34). The Morgan fingerprint density at radius 1 is 1.11 bits per heavy atom. The number of nitrogens with zero attached hydrogens (tertiary/aromatic N) is 3. The number of carbonyl (C=O) groups excluding carboxylic acids is 1. The monoisotopic (exact) mass is 511 g/mol. The average Bonchev–Trinajstić information content (AvgIpc) is 3.53. The van der Waals surface area contributed by atoms with Crippen molar-refractivity contribution < 1.29 is 23.6 Å². The minimum Gasteiger partial charge on any atom is -0.497 e. The molecule has 178 valence electrons. The highest BCUT2D eigenvalue weighted by molar-refractivity contribution is 7.80. The zero-order valence-electron chi connectivity index (χ0n) is 18.1. The van der Waals surface area contributed by atoms with Crippen molar-refractivity contribution in [3.8, 4) is 22.8 Å². The minimum atomic E-state index is -0.625. The smallest absolute Gasteiger partial charge is 0.293 e. The Kier molecular flexibility index (Phi) is 7.28. The highest BCUT2D eigenvalue weighted by Gasteiger charge is 2.20. The first-order valence-corrected chi connectivity index (χ1v) is 11.2. The van der Waals surface area contributed by atoms with Gasteiger partial charge in [0.05, 0.1) is 17.6 Å². The first-order valence-electron chi connectivity index (χ1n) is 9.98. The summed E-state index contributed by atoms with van der Waals surface area (Å²) in [6.07, 6.45) is 0. The van der Waals surface area contributed by atoms with E-state index in [4.69, 9.17) is 26.1 Å². The largest absolute Gasteiger partial charge is 0.497 e. The van der Waals surface area contributed by atoms with E-state index in [1.54, 1.807) is 43.5 Å². The summed E-state index contributed by atoms with van der Waals surface area (Å²) < 4.78 is 16.3. The normalized spacial score (nSPS) is 10.4. The molecule has 1 amide bonds. The van der Waals surface area contributed by atoms with Crippen LogP contribution in [0.5, 0.6) is 11.5 Å². The van der Waals surface area contributed by atoms with Gasteiger partial charge in [-0.15, -0.1) is 10.2 Å². The third-order valence-electron chi connectivity index (χ3n) is 4.53. The van der Waals surface area contributed by atoms with Crippen molar-refractivity contribution in [2.75, 3.05) is 12.4 Å². The number of thiocarbonyl (C=S) groups is 1. The summed E-state index contributed by atoms with van der Waals surface area (Å²) in [6.45, 7) is 0.200. The number of para-hydroxylation sites is 1. The highest BCUT2D eigenvalue weighted by Crippen LogP contribution is 2.30. The molecule has 4 rings (SSSR count). The Bertz CT molecular complexity index is 1370. The van der Waals surface area contributed by atoms with Crippen LogP contribution < -0.4 is 20.1 Å². The molecule has 2 heterocycles. The van der Waals surface area contributed by atoms with Crippen LogP contribution >= 0.6 is 23.6 Å². The number of anilines is 1. The van der Waals surface area contributed by atoms with Crippen LogP contribution in [0, 0.1) is 10.1 Å². The molecule has 2 aromatic heterocycles. The molecule has 0 spiro atoms. The van der Waals surface area contributed by atoms with Crippen LogP contribution in [0.2, 0.25) is 0 Å². The molecule has 0 saturated heterocycles. The van der Waals surface area contributed by atoms with Gasteiger partial charge < -0.3 is 19.2 Å². The molecule has 0 aliphatic carbocycles. The summed E-state index contributed by atoms with van der Waals surface area (Å²) in [5, 5.41) is 25.4. The van der Waals surface area contributed by atoms with Crippen LogP contribution in [0.25, 0.3) is 11.3 Å². The molecule has 0 aliphatic rings. The molecule has 11 nitrogen and oxygen atoms in total. The van der Waals surface area contributed by atoms with E-state index in [1.807, 2.05) is 0 Å². The number of ether oxygens (including phenoxy) is 2. The van der Waals surface area contributed by atoms with E-state index in [2.05, 4.69) is 20.8 Å². The van der Waals surface area contributed by atoms with Crippen LogP contribution in [-0.4, -0.2) is 33.3 Å². The van der Waals surface area contributed by atoms with Crippen molar-refractivity contribution in [2.24, 2.45) is 0 Å². The van der Waals surface area contributed by atoms with Crippen molar-refractivity contribution in [3.63, 3.8) is 0 Å². The molecular weight excluding hydrogens is 494 g/mol. The van der Waals surface area contributed by atoms with E-state index in [0.29, 0.717) is 15.9 Å². The first kappa shape index (κ1) is 23.8. The van der Waals surface area contributed by atoms with Crippen LogP contribution in [0.1, 0.15) is 15.6 Å². The maximum absolute atomic E-state index is 12.5. The molecule has 13 heteroatoms. The van der Waals surface area contributed by atoms with Crippen LogP contribution in [0.15, 0.2) is 65.1 Å². The fourth-order valence-corrected chi connectivity index (χ4v) is 3.83. The van der Waals surface area contributed by atoms with Crippen molar-refractivity contribution in [2.45, 2.75) is 6.61 Å². The number of methoxy groups -OCH3 is 1. The Morgan fingerprint density at radius 3 is 2.60 bits per heavy atom. The maximum atomic E-state index is 12.5. The Hall–Kier alpha value is -4.36. The number of nitro groups is 1. The molecule has 0 aliphatic heterocycles. The molecule has 2 N–H and O–H groups in total. The topological polar surface area (TPSA) is 142 Å². The number of carbonyl (C=O) groups is 1. The van der Waals surface area contributed by atoms with Gasteiger partial charge in [0.15, 0.2) is 15.9 Å². The minimum absolute atomic E-state index is 0.0163. The third-order valence-corrected chi connectivity index (χ3v) is 5.55. The zero-order chi connectivity index (χ0) is 24.8. The van der Waals surface area contributed by atoms with Crippen LogP contribution in [0.3, 0.4) is 0 Å². The van der Waals surface area contributed by atoms with E-state index in [1.165, 1.54) is 35.6 Å². The van der Waals surface area contributed by atoms with Crippen molar-refractivity contribution in [1.82, 2.24) is 15.5 Å². The number of nitro benzene ring substituents is 1. The average molecular weight is 512 g/mol. The summed E-state index contributed by atoms with van der Waals surface area (Å²) in [5.41, 5.74) is 0.129. The first-order chi connectivity index (χ1) is 16.9. The second-order valence-electron chi connectivity index (χ2n) is 6.81. The molecule has 0 saturated carbocycles. The van der Waals surface area contributed by atoms with Gasteiger partial charge in [0.25, 0.3) is 11.6 Å². The van der Waals surface area contributed by atoms with Crippen LogP contribution in [-0.2, 0) is 6.61 Å². The zero-order valence-corrected chi connectivity index (χ0v) is 19.7. The van der Waals surface area contributed by atoms with Gasteiger partial charge in [-0.25, -0.2) is 0 Å². The molecule has 0 radical (unpaired) electrons. The van der Waals surface area contributed by atoms with Gasteiger partial charge in [0, 0.05) is 6.07 Å². The molecule has 0 atom stereocenters. The van der Waals surface area contributed by atoms with E-state index < -0.39 is 10.8 Å². The van der Waals surface area contributed by atoms with Crippen molar-refractivity contribution in [3.05, 3.63) is 81.5 Å². The second-order valence-corrected chi connectivity index (χ2v) is 8.28. The van der Waals surface area contributed by atoms with Gasteiger partial charge in [0.2, 0.25) is 5.13 Å². The summed E-state index contributed by atoms with van der Waals surface area (Å²) >= 11 is 6.37. The van der Waals surface area contributed by atoms with Crippen LogP contribution in [0.4, 0.5) is 10.8 Å². The lowest BCUT2D eigenvalue weighted by atomic mass is 10.1. The van der Waals surface area contributed by atoms with Gasteiger partial charge in [-0.05, 0) is 54.7 Å². The molecule has 0 fully saturated rings. The summed E-state index contributed by atoms with van der Waals surface area (Å²) in [6, 6.07) is 16.1. The Labute approximate surface area is 207 Å². The van der Waals surface area contributed by atoms with Gasteiger partial charge in [0.1, 0.15) is 23.9 Å². The molecular formula is C22H17N5O6S2. The Balaban J connectivity index is 1.32. The summed E-state index contributed by atoms with van der Waals surface area (Å²) in [7, 11) is 1.59. The van der Waals surface area contributed by atoms with Gasteiger partial charge >= 0.3 is 0 Å². The van der Waals surface area contributed by atoms with E-state index in [0.717, 1.165) is 5.75 Å². The number of nitrogens with one attached hydrogen (secondary N) is 2. The van der Waals surface area contributed by atoms with E-state index in [9.17, 15) is 14.9 Å². The van der Waals surface area contributed by atoms with Gasteiger partial charge in [-0.1, -0.05) is 23.5 Å². The number of hydrogen-bond acceptors (Lipinski definition) is 10. The van der Waals surface area contributed by atoms with Gasteiger partial charge in [-0.3, -0.25) is 20.2 Å². The predicted molar refractivity (Wildman–Crippen MR) is 132 cm³/mol. The lowest BCUT2D eigenvalue weighted by molar-refractivity contribution is -0.384. The molecule has 2 aromatic carbocycles. The number of furan rings is 1. The fourth-order valence-electron chi connectivity index (χ4n) is 2.92. The lowest BCUT2D eigenvalue weighted by Gasteiger charge is -2.05. The van der Waals surface area contributed by atoms with E-state index >= 15 is 0 Å². The third kappa shape index (κ3) is 5.96. The number of aromatic nitrogens is 2. The summed E-state index contributed by atoms with van der Waals surface area (Å²) in [4.78, 5) is 23.2. The maximum Gasteiger partial charge on any atom is 0.293 e. The molecule has 0 unspecified atom stereocenters. The van der Waals surface area contributed by atoms with Crippen molar-refractivity contribution >= 4 is 45.4 Å². The number of amides is 1. The predicted octanol–water partition coefficient (Wildman–Crippen LogP) is 4.42. The molecule has 35 heavy (non-hydrogen) atoms. The highest BCUT2D eigenvalue weighted by atomic mass is 32.1. The quantitative estimate of drug-likeness (QED) is 0.198. The summed E-state index contributed by atoms with van der Waals surface area (Å²) in [5.74, 6) is 0.874. The van der Waals surface area contributed by atoms with Crippen molar-refractivity contribution in [1.29, 1.82) is 0 Å². The molecule has 0 bridgehead atoms. The van der Waals surface area contributed by atoms with E-state index in [-0.39, 0.29) is 34.5 Å². The fraction of sp³-hybridized carbons (Fsp3) is 0.0909.